The molecule has 0 radical (unpaired) electrons. The number of carbonyl (C=O) groups excluding carboxylic acids is 1. The number of amides is 1. The fourth-order valence-electron chi connectivity index (χ4n) is 6.33. The van der Waals surface area contributed by atoms with Gasteiger partial charge in [0.15, 0.2) is 5.82 Å². The number of aryl methyl sites for hydroxylation is 1. The van der Waals surface area contributed by atoms with E-state index in [9.17, 15) is 4.79 Å². The van der Waals surface area contributed by atoms with Crippen LogP contribution in [-0.2, 0) is 10.2 Å². The van der Waals surface area contributed by atoms with Crippen molar-refractivity contribution in [3.05, 3.63) is 47.7 Å². The Kier molecular flexibility index (Phi) is 3.16. The van der Waals surface area contributed by atoms with Gasteiger partial charge in [-0.25, -0.2) is 0 Å². The third-order valence-corrected chi connectivity index (χ3v) is 6.80. The summed E-state index contributed by atoms with van der Waals surface area (Å²) in [5.74, 6) is 2.77. The van der Waals surface area contributed by atoms with Crippen LogP contribution < -0.4 is 5.32 Å². The fourth-order valence-corrected chi connectivity index (χ4v) is 6.33. The van der Waals surface area contributed by atoms with E-state index in [1.807, 2.05) is 6.92 Å². The average Bonchev–Trinajstić information content (AvgIpc) is 2.99. The van der Waals surface area contributed by atoms with E-state index in [1.165, 1.54) is 24.8 Å². The molecule has 4 nitrogen and oxygen atoms in total. The minimum absolute atomic E-state index is 0.148. The van der Waals surface area contributed by atoms with Crippen LogP contribution in [0.15, 0.2) is 40.9 Å². The van der Waals surface area contributed by atoms with Crippen LogP contribution in [0.25, 0.3) is 0 Å². The Morgan fingerprint density at radius 1 is 1.16 bits per heavy atom. The van der Waals surface area contributed by atoms with Crippen molar-refractivity contribution in [1.82, 2.24) is 5.16 Å². The number of nitrogens with zero attached hydrogens (tertiary/aromatic N) is 1. The van der Waals surface area contributed by atoms with Crippen LogP contribution >= 0.6 is 0 Å². The van der Waals surface area contributed by atoms with Gasteiger partial charge in [0, 0.05) is 6.07 Å². The minimum atomic E-state index is -0.243. The van der Waals surface area contributed by atoms with Gasteiger partial charge in [-0.3, -0.25) is 4.79 Å². The predicted molar refractivity (Wildman–Crippen MR) is 95.1 cm³/mol. The normalized spacial score (nSPS) is 35.7. The van der Waals surface area contributed by atoms with Gasteiger partial charge in [-0.05, 0) is 68.3 Å². The predicted octanol–water partition coefficient (Wildman–Crippen LogP) is 4.46. The Balaban J connectivity index is 1.48. The SMILES string of the molecule is Cc1cc(NC(=O)C23C[C@H]4C[C@@H](C2)CC(c2ccccc2)(C4)C3)no1. The summed E-state index contributed by atoms with van der Waals surface area (Å²) in [5.41, 5.74) is 1.37. The number of hydrogen-bond donors (Lipinski definition) is 1. The van der Waals surface area contributed by atoms with E-state index in [1.54, 1.807) is 6.07 Å². The maximum atomic E-state index is 13.3. The van der Waals surface area contributed by atoms with Crippen molar-refractivity contribution in [3.63, 3.8) is 0 Å². The summed E-state index contributed by atoms with van der Waals surface area (Å²) in [6.07, 6.45) is 6.81. The second-order valence-corrected chi connectivity index (χ2v) is 8.66. The van der Waals surface area contributed by atoms with Crippen LogP contribution in [0.4, 0.5) is 5.82 Å². The van der Waals surface area contributed by atoms with E-state index in [-0.39, 0.29) is 16.7 Å². The molecule has 1 aromatic heterocycles. The zero-order chi connectivity index (χ0) is 17.1. The monoisotopic (exact) mass is 336 g/mol. The molecule has 4 heteroatoms. The number of carbonyl (C=O) groups is 1. The quantitative estimate of drug-likeness (QED) is 0.900. The highest BCUT2D eigenvalue weighted by Gasteiger charge is 2.60. The lowest BCUT2D eigenvalue weighted by atomic mass is 9.42. The Bertz CT molecular complexity index is 796. The van der Waals surface area contributed by atoms with Crippen molar-refractivity contribution in [2.75, 3.05) is 5.32 Å². The van der Waals surface area contributed by atoms with Crippen molar-refractivity contribution in [2.45, 2.75) is 50.9 Å². The molecule has 0 spiro atoms. The Labute approximate surface area is 148 Å². The smallest absolute Gasteiger partial charge is 0.231 e. The van der Waals surface area contributed by atoms with Gasteiger partial charge in [-0.15, -0.1) is 0 Å². The average molecular weight is 336 g/mol. The van der Waals surface area contributed by atoms with E-state index < -0.39 is 0 Å². The molecular weight excluding hydrogens is 312 g/mol. The van der Waals surface area contributed by atoms with Gasteiger partial charge in [0.25, 0.3) is 0 Å². The van der Waals surface area contributed by atoms with E-state index in [2.05, 4.69) is 40.8 Å². The van der Waals surface area contributed by atoms with Crippen molar-refractivity contribution in [2.24, 2.45) is 17.3 Å². The third-order valence-electron chi connectivity index (χ3n) is 6.80. The second-order valence-electron chi connectivity index (χ2n) is 8.66. The lowest BCUT2D eigenvalue weighted by Crippen LogP contribution is -2.58. The van der Waals surface area contributed by atoms with E-state index in [0.717, 1.165) is 25.0 Å². The van der Waals surface area contributed by atoms with Gasteiger partial charge < -0.3 is 9.84 Å². The number of aromatic nitrogens is 1. The molecule has 1 aromatic carbocycles. The van der Waals surface area contributed by atoms with Gasteiger partial charge in [0.1, 0.15) is 5.76 Å². The molecular formula is C21H24N2O2. The van der Waals surface area contributed by atoms with Gasteiger partial charge in [-0.2, -0.15) is 0 Å². The Morgan fingerprint density at radius 3 is 2.52 bits per heavy atom. The largest absolute Gasteiger partial charge is 0.360 e. The lowest BCUT2D eigenvalue weighted by Gasteiger charge is -2.61. The Morgan fingerprint density at radius 2 is 1.88 bits per heavy atom. The van der Waals surface area contributed by atoms with Crippen molar-refractivity contribution < 1.29 is 9.32 Å². The van der Waals surface area contributed by atoms with Crippen molar-refractivity contribution in [3.8, 4) is 0 Å². The molecule has 4 aliphatic rings. The molecule has 4 fully saturated rings. The first-order valence-corrected chi connectivity index (χ1v) is 9.37. The number of benzene rings is 1. The molecule has 25 heavy (non-hydrogen) atoms. The minimum Gasteiger partial charge on any atom is -0.360 e. The molecule has 4 saturated carbocycles. The molecule has 2 aromatic rings. The van der Waals surface area contributed by atoms with Crippen molar-refractivity contribution >= 4 is 11.7 Å². The first-order chi connectivity index (χ1) is 12.1. The lowest BCUT2D eigenvalue weighted by molar-refractivity contribution is -0.143. The molecule has 0 saturated heterocycles. The molecule has 4 bridgehead atoms. The number of hydrogen-bond acceptors (Lipinski definition) is 3. The molecule has 130 valence electrons. The van der Waals surface area contributed by atoms with Gasteiger partial charge in [-0.1, -0.05) is 35.5 Å². The number of nitrogens with one attached hydrogen (secondary N) is 1. The summed E-state index contributed by atoms with van der Waals surface area (Å²) >= 11 is 0. The maximum absolute atomic E-state index is 13.3. The molecule has 4 aliphatic carbocycles. The molecule has 4 atom stereocenters. The summed E-state index contributed by atoms with van der Waals surface area (Å²) in [7, 11) is 0. The Hall–Kier alpha value is -2.10. The third kappa shape index (κ3) is 2.34. The van der Waals surface area contributed by atoms with Gasteiger partial charge in [0.2, 0.25) is 5.91 Å². The molecule has 1 N–H and O–H groups in total. The van der Waals surface area contributed by atoms with E-state index >= 15 is 0 Å². The molecule has 2 unspecified atom stereocenters. The summed E-state index contributed by atoms with van der Waals surface area (Å²) in [5, 5.41) is 7.00. The van der Waals surface area contributed by atoms with Crippen LogP contribution in [0.1, 0.15) is 49.8 Å². The zero-order valence-corrected chi connectivity index (χ0v) is 14.6. The van der Waals surface area contributed by atoms with Crippen LogP contribution in [0, 0.1) is 24.2 Å². The first-order valence-electron chi connectivity index (χ1n) is 9.37. The topological polar surface area (TPSA) is 55.1 Å². The van der Waals surface area contributed by atoms with Crippen LogP contribution in [0.5, 0.6) is 0 Å². The van der Waals surface area contributed by atoms with Crippen LogP contribution in [0.3, 0.4) is 0 Å². The van der Waals surface area contributed by atoms with Crippen molar-refractivity contribution in [1.29, 1.82) is 0 Å². The van der Waals surface area contributed by atoms with Crippen LogP contribution in [-0.4, -0.2) is 11.1 Å². The van der Waals surface area contributed by atoms with E-state index in [0.29, 0.717) is 17.7 Å². The summed E-state index contributed by atoms with van der Waals surface area (Å²) in [4.78, 5) is 13.3. The molecule has 1 heterocycles. The van der Waals surface area contributed by atoms with Gasteiger partial charge >= 0.3 is 0 Å². The zero-order valence-electron chi connectivity index (χ0n) is 14.6. The molecule has 1 amide bonds. The molecule has 6 rings (SSSR count). The van der Waals surface area contributed by atoms with Crippen LogP contribution in [0.2, 0.25) is 0 Å². The number of anilines is 1. The standard InChI is InChI=1S/C21H24N2O2/c1-14-7-18(23-25-14)22-19(24)21-11-15-8-16(12-21)10-20(9-15,13-21)17-5-3-2-4-6-17/h2-7,15-16H,8-13H2,1H3,(H,22,23,24)/t15-,16+,20?,21?. The van der Waals surface area contributed by atoms with Gasteiger partial charge in [0.05, 0.1) is 5.41 Å². The summed E-state index contributed by atoms with van der Waals surface area (Å²) < 4.78 is 5.11. The second kappa shape index (κ2) is 5.20. The first kappa shape index (κ1) is 15.2. The summed E-state index contributed by atoms with van der Waals surface area (Å²) in [6, 6.07) is 12.7. The summed E-state index contributed by atoms with van der Waals surface area (Å²) in [6.45, 7) is 1.85. The fraction of sp³-hybridized carbons (Fsp3) is 0.524. The molecule has 0 aliphatic heterocycles. The highest BCUT2D eigenvalue weighted by Crippen LogP contribution is 2.65. The van der Waals surface area contributed by atoms with E-state index in [4.69, 9.17) is 4.52 Å². The highest BCUT2D eigenvalue weighted by molar-refractivity contribution is 5.95. The number of rotatable bonds is 3. The maximum Gasteiger partial charge on any atom is 0.231 e. The highest BCUT2D eigenvalue weighted by atomic mass is 16.5.